The van der Waals surface area contributed by atoms with Crippen molar-refractivity contribution in [2.75, 3.05) is 7.11 Å². The second-order valence-corrected chi connectivity index (χ2v) is 4.75. The highest BCUT2D eigenvalue weighted by molar-refractivity contribution is 5.91. The van der Waals surface area contributed by atoms with Gasteiger partial charge in [-0.2, -0.15) is 0 Å². The predicted octanol–water partition coefficient (Wildman–Crippen LogP) is 4.82. The molecule has 1 heteroatoms. The Morgan fingerprint density at radius 2 is 1.58 bits per heavy atom. The number of aryl methyl sites for hydroxylation is 1. The Bertz CT molecular complexity index is 714. The van der Waals surface area contributed by atoms with Gasteiger partial charge >= 0.3 is 0 Å². The Hall–Kier alpha value is -2.28. The van der Waals surface area contributed by atoms with Gasteiger partial charge in [-0.25, -0.2) is 0 Å². The molecule has 3 aromatic carbocycles. The van der Waals surface area contributed by atoms with Gasteiger partial charge in [0, 0.05) is 0 Å². The molecule has 0 unspecified atom stereocenters. The lowest BCUT2D eigenvalue weighted by Crippen LogP contribution is -1.86. The monoisotopic (exact) mass is 248 g/mol. The molecule has 0 atom stereocenters. The maximum atomic E-state index is 5.31. The minimum Gasteiger partial charge on any atom is -0.497 e. The van der Waals surface area contributed by atoms with Crippen LogP contribution >= 0.6 is 0 Å². The van der Waals surface area contributed by atoms with Gasteiger partial charge in [-0.15, -0.1) is 0 Å². The molecule has 0 aliphatic rings. The summed E-state index contributed by atoms with van der Waals surface area (Å²) in [6.07, 6.45) is 0. The zero-order chi connectivity index (χ0) is 13.2. The van der Waals surface area contributed by atoms with Crippen molar-refractivity contribution in [2.45, 2.75) is 6.92 Å². The first-order valence-corrected chi connectivity index (χ1v) is 6.42. The van der Waals surface area contributed by atoms with Crippen molar-refractivity contribution in [2.24, 2.45) is 0 Å². The van der Waals surface area contributed by atoms with Crippen molar-refractivity contribution in [3.63, 3.8) is 0 Å². The quantitative estimate of drug-likeness (QED) is 0.631. The molecule has 3 rings (SSSR count). The van der Waals surface area contributed by atoms with E-state index in [1.54, 1.807) is 7.11 Å². The minimum absolute atomic E-state index is 0.900. The van der Waals surface area contributed by atoms with E-state index in [9.17, 15) is 0 Å². The lowest BCUT2D eigenvalue weighted by Gasteiger charge is -2.09. The average Bonchev–Trinajstić information content (AvgIpc) is 2.47. The zero-order valence-electron chi connectivity index (χ0n) is 11.2. The Kier molecular flexibility index (Phi) is 2.96. The number of rotatable bonds is 2. The first-order valence-electron chi connectivity index (χ1n) is 6.42. The van der Waals surface area contributed by atoms with Crippen LogP contribution in [0.2, 0.25) is 0 Å². The van der Waals surface area contributed by atoms with Crippen LogP contribution in [0.25, 0.3) is 21.9 Å². The molecule has 0 aliphatic heterocycles. The second kappa shape index (κ2) is 4.77. The van der Waals surface area contributed by atoms with E-state index in [1.807, 2.05) is 12.1 Å². The summed E-state index contributed by atoms with van der Waals surface area (Å²) in [6, 6.07) is 21.2. The van der Waals surface area contributed by atoms with Gasteiger partial charge in [-0.1, -0.05) is 42.5 Å². The highest BCUT2D eigenvalue weighted by Crippen LogP contribution is 2.29. The molecule has 1 nitrogen and oxygen atoms in total. The van der Waals surface area contributed by atoms with Crippen molar-refractivity contribution in [1.82, 2.24) is 0 Å². The largest absolute Gasteiger partial charge is 0.497 e. The van der Waals surface area contributed by atoms with E-state index in [0.29, 0.717) is 0 Å². The molecule has 0 bridgehead atoms. The van der Waals surface area contributed by atoms with Gasteiger partial charge in [0.05, 0.1) is 7.11 Å². The summed E-state index contributed by atoms with van der Waals surface area (Å²) < 4.78 is 5.31. The van der Waals surface area contributed by atoms with Gasteiger partial charge < -0.3 is 4.74 Å². The number of methoxy groups -OCH3 is 1. The molecule has 94 valence electrons. The van der Waals surface area contributed by atoms with Crippen molar-refractivity contribution < 1.29 is 4.74 Å². The highest BCUT2D eigenvalue weighted by atomic mass is 16.5. The summed E-state index contributed by atoms with van der Waals surface area (Å²) in [5.74, 6) is 0.900. The molecule has 0 saturated heterocycles. The van der Waals surface area contributed by atoms with Crippen LogP contribution in [0, 0.1) is 6.92 Å². The number of hydrogen-bond acceptors (Lipinski definition) is 1. The lowest BCUT2D eigenvalue weighted by molar-refractivity contribution is 0.415. The van der Waals surface area contributed by atoms with Crippen LogP contribution in [-0.2, 0) is 0 Å². The van der Waals surface area contributed by atoms with Crippen LogP contribution in [0.4, 0.5) is 0 Å². The molecule has 0 aliphatic carbocycles. The smallest absolute Gasteiger partial charge is 0.119 e. The van der Waals surface area contributed by atoms with Gasteiger partial charge in [0.15, 0.2) is 0 Å². The topological polar surface area (TPSA) is 9.23 Å². The molecule has 19 heavy (non-hydrogen) atoms. The van der Waals surface area contributed by atoms with E-state index >= 15 is 0 Å². The van der Waals surface area contributed by atoms with Crippen LogP contribution in [-0.4, -0.2) is 7.11 Å². The highest BCUT2D eigenvalue weighted by Gasteiger charge is 2.04. The Balaban J connectivity index is 2.23. The van der Waals surface area contributed by atoms with Gasteiger partial charge in [0.1, 0.15) is 5.75 Å². The van der Waals surface area contributed by atoms with E-state index in [4.69, 9.17) is 4.74 Å². The number of ether oxygens (including phenoxy) is 1. The van der Waals surface area contributed by atoms with Gasteiger partial charge in [0.2, 0.25) is 0 Å². The SMILES string of the molecule is COc1ccc2c(C)cc(-c3ccccc3)cc2c1. The molecule has 0 amide bonds. The standard InChI is InChI=1S/C18H16O/c1-13-10-15(14-6-4-3-5-7-14)11-16-12-17(19-2)8-9-18(13)16/h3-12H,1-2H3. The van der Waals surface area contributed by atoms with Crippen LogP contribution in [0.5, 0.6) is 5.75 Å². The summed E-state index contributed by atoms with van der Waals surface area (Å²) in [6.45, 7) is 2.15. The van der Waals surface area contributed by atoms with E-state index in [0.717, 1.165) is 5.75 Å². The predicted molar refractivity (Wildman–Crippen MR) is 80.7 cm³/mol. The molecular weight excluding hydrogens is 232 g/mol. The number of benzene rings is 3. The van der Waals surface area contributed by atoms with Crippen molar-refractivity contribution in [1.29, 1.82) is 0 Å². The van der Waals surface area contributed by atoms with E-state index in [-0.39, 0.29) is 0 Å². The van der Waals surface area contributed by atoms with E-state index < -0.39 is 0 Å². The Morgan fingerprint density at radius 1 is 0.789 bits per heavy atom. The normalized spacial score (nSPS) is 10.6. The maximum Gasteiger partial charge on any atom is 0.119 e. The van der Waals surface area contributed by atoms with Crippen molar-refractivity contribution in [3.8, 4) is 16.9 Å². The summed E-state index contributed by atoms with van der Waals surface area (Å²) >= 11 is 0. The molecule has 0 saturated carbocycles. The fraction of sp³-hybridized carbons (Fsp3) is 0.111. The van der Waals surface area contributed by atoms with Crippen LogP contribution in [0.3, 0.4) is 0 Å². The summed E-state index contributed by atoms with van der Waals surface area (Å²) in [4.78, 5) is 0. The third-order valence-corrected chi connectivity index (χ3v) is 3.47. The van der Waals surface area contributed by atoms with Gasteiger partial charge in [0.25, 0.3) is 0 Å². The third-order valence-electron chi connectivity index (χ3n) is 3.47. The summed E-state index contributed by atoms with van der Waals surface area (Å²) in [7, 11) is 1.70. The fourth-order valence-corrected chi connectivity index (χ4v) is 2.46. The van der Waals surface area contributed by atoms with Crippen molar-refractivity contribution in [3.05, 3.63) is 66.2 Å². The molecule has 0 fully saturated rings. The molecule has 0 heterocycles. The Morgan fingerprint density at radius 3 is 2.32 bits per heavy atom. The maximum absolute atomic E-state index is 5.31. The lowest BCUT2D eigenvalue weighted by atomic mass is 9.97. The van der Waals surface area contributed by atoms with Crippen LogP contribution in [0.15, 0.2) is 60.7 Å². The fourth-order valence-electron chi connectivity index (χ4n) is 2.46. The van der Waals surface area contributed by atoms with E-state index in [1.165, 1.54) is 27.5 Å². The first kappa shape index (κ1) is 11.8. The van der Waals surface area contributed by atoms with Crippen LogP contribution in [0.1, 0.15) is 5.56 Å². The van der Waals surface area contributed by atoms with Crippen molar-refractivity contribution >= 4 is 10.8 Å². The van der Waals surface area contributed by atoms with E-state index in [2.05, 4.69) is 55.5 Å². The Labute approximate surface area is 113 Å². The van der Waals surface area contributed by atoms with Gasteiger partial charge in [-0.3, -0.25) is 0 Å². The molecule has 3 aromatic rings. The molecule has 0 aromatic heterocycles. The molecular formula is C18H16O. The van der Waals surface area contributed by atoms with Gasteiger partial charge in [-0.05, 0) is 52.6 Å². The number of fused-ring (bicyclic) bond motifs is 1. The first-order chi connectivity index (χ1) is 9.28. The summed E-state index contributed by atoms with van der Waals surface area (Å²) in [5.41, 5.74) is 3.79. The molecule has 0 spiro atoms. The average molecular weight is 248 g/mol. The molecule has 0 radical (unpaired) electrons. The zero-order valence-corrected chi connectivity index (χ0v) is 11.2. The number of hydrogen-bond donors (Lipinski definition) is 0. The third kappa shape index (κ3) is 2.19. The van der Waals surface area contributed by atoms with Crippen LogP contribution < -0.4 is 4.74 Å². The second-order valence-electron chi connectivity index (χ2n) is 4.75. The molecule has 0 N–H and O–H groups in total. The summed E-state index contributed by atoms with van der Waals surface area (Å²) in [5, 5.41) is 2.50. The minimum atomic E-state index is 0.900.